The van der Waals surface area contributed by atoms with E-state index < -0.39 is 0 Å². The van der Waals surface area contributed by atoms with Gasteiger partial charge >= 0.3 is 6.03 Å². The number of carbonyl (C=O) groups is 1. The molecular formula is C20H32N2O3. The lowest BCUT2D eigenvalue weighted by Crippen LogP contribution is -2.44. The van der Waals surface area contributed by atoms with Crippen molar-refractivity contribution >= 4 is 6.03 Å². The van der Waals surface area contributed by atoms with E-state index in [9.17, 15) is 9.90 Å². The Bertz CT molecular complexity index is 522. The first-order valence-corrected chi connectivity index (χ1v) is 9.38. The van der Waals surface area contributed by atoms with Gasteiger partial charge in [0, 0.05) is 12.6 Å². The van der Waals surface area contributed by atoms with Crippen LogP contribution in [0.5, 0.6) is 5.75 Å². The van der Waals surface area contributed by atoms with Crippen LogP contribution in [0.1, 0.15) is 58.1 Å². The Morgan fingerprint density at radius 3 is 2.36 bits per heavy atom. The monoisotopic (exact) mass is 348 g/mol. The van der Waals surface area contributed by atoms with Gasteiger partial charge < -0.3 is 20.5 Å². The van der Waals surface area contributed by atoms with E-state index >= 15 is 0 Å². The van der Waals surface area contributed by atoms with Crippen LogP contribution in [0.3, 0.4) is 0 Å². The zero-order valence-electron chi connectivity index (χ0n) is 15.6. The van der Waals surface area contributed by atoms with E-state index in [4.69, 9.17) is 4.74 Å². The number of hydrogen-bond donors (Lipinski definition) is 3. The number of nitrogens with one attached hydrogen (secondary N) is 2. The van der Waals surface area contributed by atoms with E-state index in [1.54, 1.807) is 0 Å². The highest BCUT2D eigenvalue weighted by molar-refractivity contribution is 5.74. The summed E-state index contributed by atoms with van der Waals surface area (Å²) < 4.78 is 5.68. The van der Waals surface area contributed by atoms with Crippen LogP contribution in [-0.2, 0) is 0 Å². The van der Waals surface area contributed by atoms with Crippen LogP contribution in [0.2, 0.25) is 0 Å². The molecule has 0 radical (unpaired) electrons. The van der Waals surface area contributed by atoms with Crippen LogP contribution < -0.4 is 15.4 Å². The van der Waals surface area contributed by atoms with Crippen molar-refractivity contribution in [3.63, 3.8) is 0 Å². The second-order valence-electron chi connectivity index (χ2n) is 7.51. The first-order valence-electron chi connectivity index (χ1n) is 9.38. The molecule has 1 aromatic rings. The van der Waals surface area contributed by atoms with Crippen molar-refractivity contribution in [1.82, 2.24) is 10.6 Å². The first kappa shape index (κ1) is 19.6. The topological polar surface area (TPSA) is 70.6 Å². The molecule has 25 heavy (non-hydrogen) atoms. The second kappa shape index (κ2) is 9.66. The minimum Gasteiger partial charge on any atom is -0.493 e. The van der Waals surface area contributed by atoms with E-state index in [1.165, 1.54) is 0 Å². The summed E-state index contributed by atoms with van der Waals surface area (Å²) in [4.78, 5) is 12.2. The standard InChI is InChI=1S/C20H32N2O3/c1-14(2)13-25-19-10-6-17(7-11-19)15(3)21-20(24)22-18-8-4-16(12-23)5-9-18/h6-7,10-11,14-16,18,23H,4-5,8-9,12-13H2,1-3H3,(H2,21,22,24). The number of urea groups is 1. The predicted molar refractivity (Wildman–Crippen MR) is 99.7 cm³/mol. The molecule has 1 aliphatic rings. The summed E-state index contributed by atoms with van der Waals surface area (Å²) in [5.74, 6) is 1.75. The maximum Gasteiger partial charge on any atom is 0.315 e. The number of ether oxygens (including phenoxy) is 1. The number of aliphatic hydroxyl groups is 1. The van der Waals surface area contributed by atoms with Crippen LogP contribution in [0.25, 0.3) is 0 Å². The Morgan fingerprint density at radius 2 is 1.80 bits per heavy atom. The SMILES string of the molecule is CC(C)COc1ccc(C(C)NC(=O)NC2CCC(CO)CC2)cc1. The molecule has 5 nitrogen and oxygen atoms in total. The van der Waals surface area contributed by atoms with Crippen molar-refractivity contribution in [2.45, 2.75) is 58.5 Å². The lowest BCUT2D eigenvalue weighted by atomic mass is 9.87. The summed E-state index contributed by atoms with van der Waals surface area (Å²) >= 11 is 0. The zero-order valence-corrected chi connectivity index (χ0v) is 15.6. The van der Waals surface area contributed by atoms with Crippen molar-refractivity contribution < 1.29 is 14.6 Å². The Kier molecular flexibility index (Phi) is 7.56. The lowest BCUT2D eigenvalue weighted by Gasteiger charge is -2.28. The molecule has 1 saturated carbocycles. The highest BCUT2D eigenvalue weighted by atomic mass is 16.5. The molecule has 1 fully saturated rings. The summed E-state index contributed by atoms with van der Waals surface area (Å²) in [6.45, 7) is 7.18. The molecular weight excluding hydrogens is 316 g/mol. The van der Waals surface area contributed by atoms with Gasteiger partial charge in [-0.2, -0.15) is 0 Å². The fraction of sp³-hybridized carbons (Fsp3) is 0.650. The van der Waals surface area contributed by atoms with E-state index in [0.29, 0.717) is 18.4 Å². The second-order valence-corrected chi connectivity index (χ2v) is 7.51. The third kappa shape index (κ3) is 6.58. The van der Waals surface area contributed by atoms with Gasteiger partial charge in [-0.1, -0.05) is 26.0 Å². The molecule has 0 spiro atoms. The molecule has 3 N–H and O–H groups in total. The third-order valence-corrected chi connectivity index (χ3v) is 4.75. The van der Waals surface area contributed by atoms with Gasteiger partial charge in [0.2, 0.25) is 0 Å². The maximum atomic E-state index is 12.2. The molecule has 2 amide bonds. The minimum absolute atomic E-state index is 0.0621. The normalized spacial score (nSPS) is 21.6. The molecule has 0 aliphatic heterocycles. The predicted octanol–water partition coefficient (Wildman–Crippen LogP) is 3.63. The molecule has 0 saturated heterocycles. The van der Waals surface area contributed by atoms with Crippen molar-refractivity contribution in [3.05, 3.63) is 29.8 Å². The molecule has 0 heterocycles. The van der Waals surface area contributed by atoms with Gasteiger partial charge in [-0.15, -0.1) is 0 Å². The molecule has 1 aliphatic carbocycles. The largest absolute Gasteiger partial charge is 0.493 e. The van der Waals surface area contributed by atoms with E-state index in [2.05, 4.69) is 24.5 Å². The van der Waals surface area contributed by atoms with Gasteiger partial charge in [0.1, 0.15) is 5.75 Å². The van der Waals surface area contributed by atoms with Crippen LogP contribution in [-0.4, -0.2) is 30.4 Å². The summed E-state index contributed by atoms with van der Waals surface area (Å²) in [6, 6.07) is 7.91. The average Bonchev–Trinajstić information content (AvgIpc) is 2.61. The molecule has 1 unspecified atom stereocenters. The van der Waals surface area contributed by atoms with Crippen molar-refractivity contribution in [2.24, 2.45) is 11.8 Å². The van der Waals surface area contributed by atoms with Crippen molar-refractivity contribution in [2.75, 3.05) is 13.2 Å². The van der Waals surface area contributed by atoms with Gasteiger partial charge in [-0.3, -0.25) is 0 Å². The van der Waals surface area contributed by atoms with Gasteiger partial charge in [0.05, 0.1) is 12.6 Å². The fourth-order valence-corrected chi connectivity index (χ4v) is 3.11. The van der Waals surface area contributed by atoms with E-state index in [0.717, 1.165) is 37.0 Å². The summed E-state index contributed by atoms with van der Waals surface area (Å²) in [5.41, 5.74) is 1.05. The van der Waals surface area contributed by atoms with Crippen LogP contribution in [0, 0.1) is 11.8 Å². The summed E-state index contributed by atoms with van der Waals surface area (Å²) in [5, 5.41) is 15.2. The number of carbonyl (C=O) groups excluding carboxylic acids is 1. The van der Waals surface area contributed by atoms with Crippen LogP contribution >= 0.6 is 0 Å². The number of hydrogen-bond acceptors (Lipinski definition) is 3. The number of benzene rings is 1. The quantitative estimate of drug-likeness (QED) is 0.704. The Morgan fingerprint density at radius 1 is 1.16 bits per heavy atom. The highest BCUT2D eigenvalue weighted by Gasteiger charge is 2.22. The number of rotatable bonds is 7. The van der Waals surface area contributed by atoms with Gasteiger partial charge in [0.25, 0.3) is 0 Å². The smallest absolute Gasteiger partial charge is 0.315 e. The molecule has 140 valence electrons. The maximum absolute atomic E-state index is 12.2. The van der Waals surface area contributed by atoms with Gasteiger partial charge in [0.15, 0.2) is 0 Å². The van der Waals surface area contributed by atoms with Gasteiger partial charge in [-0.25, -0.2) is 4.79 Å². The molecule has 0 bridgehead atoms. The van der Waals surface area contributed by atoms with Crippen LogP contribution in [0.4, 0.5) is 4.79 Å². The molecule has 1 atom stereocenters. The average molecular weight is 348 g/mol. The Labute approximate surface area is 151 Å². The molecule has 2 rings (SSSR count). The molecule has 1 aromatic carbocycles. The van der Waals surface area contributed by atoms with Gasteiger partial charge in [-0.05, 0) is 62.1 Å². The third-order valence-electron chi connectivity index (χ3n) is 4.75. The van der Waals surface area contributed by atoms with Crippen molar-refractivity contribution in [1.29, 1.82) is 0 Å². The van der Waals surface area contributed by atoms with Crippen molar-refractivity contribution in [3.8, 4) is 5.75 Å². The van der Waals surface area contributed by atoms with Crippen LogP contribution in [0.15, 0.2) is 24.3 Å². The summed E-state index contributed by atoms with van der Waals surface area (Å²) in [7, 11) is 0. The first-order chi connectivity index (χ1) is 12.0. The zero-order chi connectivity index (χ0) is 18.2. The minimum atomic E-state index is -0.125. The Hall–Kier alpha value is -1.75. The fourth-order valence-electron chi connectivity index (χ4n) is 3.11. The van der Waals surface area contributed by atoms with E-state index in [1.807, 2.05) is 31.2 Å². The van der Waals surface area contributed by atoms with E-state index in [-0.39, 0.29) is 24.7 Å². The lowest BCUT2D eigenvalue weighted by molar-refractivity contribution is 0.174. The highest BCUT2D eigenvalue weighted by Crippen LogP contribution is 2.24. The molecule has 5 heteroatoms. The Balaban J connectivity index is 1.76. The molecule has 0 aromatic heterocycles. The number of aliphatic hydroxyl groups excluding tert-OH is 1. The summed E-state index contributed by atoms with van der Waals surface area (Å²) in [6.07, 6.45) is 3.84. The number of amides is 2.